The number of amides is 1. The molecule has 7 heteroatoms. The van der Waals surface area contributed by atoms with Gasteiger partial charge in [0.2, 0.25) is 5.91 Å². The van der Waals surface area contributed by atoms with Gasteiger partial charge in [-0.3, -0.25) is 14.6 Å². The molecule has 0 aliphatic carbocycles. The number of halogens is 2. The van der Waals surface area contributed by atoms with Gasteiger partial charge in [0.1, 0.15) is 11.6 Å². The first kappa shape index (κ1) is 17.9. The van der Waals surface area contributed by atoms with Gasteiger partial charge in [0.15, 0.2) is 0 Å². The highest BCUT2D eigenvalue weighted by atomic mass is 35.5. The van der Waals surface area contributed by atoms with Crippen LogP contribution in [-0.2, 0) is 17.9 Å². The van der Waals surface area contributed by atoms with E-state index in [0.717, 1.165) is 37.5 Å². The Balaban J connectivity index is 1.40. The summed E-state index contributed by atoms with van der Waals surface area (Å²) in [6, 6.07) is 8.14. The molecule has 2 heterocycles. The van der Waals surface area contributed by atoms with Crippen molar-refractivity contribution in [3.05, 3.63) is 58.8 Å². The fourth-order valence-electron chi connectivity index (χ4n) is 2.85. The van der Waals surface area contributed by atoms with Gasteiger partial charge in [-0.15, -0.1) is 0 Å². The van der Waals surface area contributed by atoms with Crippen LogP contribution in [0.15, 0.2) is 41.0 Å². The minimum atomic E-state index is -0.320. The molecular formula is C18H21ClFN3O2. The second-order valence-corrected chi connectivity index (χ2v) is 6.55. The Bertz CT molecular complexity index is 700. The maximum Gasteiger partial charge on any atom is 0.234 e. The van der Waals surface area contributed by atoms with Crippen molar-refractivity contribution in [1.29, 1.82) is 0 Å². The van der Waals surface area contributed by atoms with Crippen LogP contribution in [0.2, 0.25) is 5.02 Å². The lowest BCUT2D eigenvalue weighted by molar-refractivity contribution is -0.122. The van der Waals surface area contributed by atoms with E-state index in [4.69, 9.17) is 16.0 Å². The SMILES string of the molecule is O=C(CN1CCN(Cc2ccc(F)cc2Cl)CC1)NCc1ccco1. The van der Waals surface area contributed by atoms with Crippen LogP contribution in [0.4, 0.5) is 4.39 Å². The first-order valence-electron chi connectivity index (χ1n) is 8.28. The molecule has 1 aromatic heterocycles. The summed E-state index contributed by atoms with van der Waals surface area (Å²) >= 11 is 6.09. The second-order valence-electron chi connectivity index (χ2n) is 6.14. The largest absolute Gasteiger partial charge is 0.467 e. The van der Waals surface area contributed by atoms with E-state index in [1.54, 1.807) is 18.4 Å². The second kappa shape index (κ2) is 8.47. The summed E-state index contributed by atoms with van der Waals surface area (Å²) in [5.41, 5.74) is 0.924. The van der Waals surface area contributed by atoms with Gasteiger partial charge >= 0.3 is 0 Å². The number of furan rings is 1. The van der Waals surface area contributed by atoms with E-state index in [0.29, 0.717) is 24.7 Å². The number of carbonyl (C=O) groups is 1. The molecule has 3 rings (SSSR count). The van der Waals surface area contributed by atoms with Crippen molar-refractivity contribution in [2.45, 2.75) is 13.1 Å². The van der Waals surface area contributed by atoms with E-state index >= 15 is 0 Å². The van der Waals surface area contributed by atoms with E-state index < -0.39 is 0 Å². The van der Waals surface area contributed by atoms with Gasteiger partial charge in [-0.2, -0.15) is 0 Å². The van der Waals surface area contributed by atoms with E-state index in [1.165, 1.54) is 12.1 Å². The molecule has 1 saturated heterocycles. The van der Waals surface area contributed by atoms with Crippen molar-refractivity contribution in [2.75, 3.05) is 32.7 Å². The zero-order valence-corrected chi connectivity index (χ0v) is 14.6. The number of carbonyl (C=O) groups excluding carboxylic acids is 1. The summed E-state index contributed by atoms with van der Waals surface area (Å²) in [7, 11) is 0. The highest BCUT2D eigenvalue weighted by Gasteiger charge is 2.19. The Labute approximate surface area is 151 Å². The predicted octanol–water partition coefficient (Wildman–Crippen LogP) is 2.51. The Kier molecular flexibility index (Phi) is 6.07. The molecule has 25 heavy (non-hydrogen) atoms. The molecule has 1 aromatic carbocycles. The van der Waals surface area contributed by atoms with Crippen LogP contribution in [0.3, 0.4) is 0 Å². The van der Waals surface area contributed by atoms with Gasteiger partial charge < -0.3 is 9.73 Å². The van der Waals surface area contributed by atoms with Crippen LogP contribution in [-0.4, -0.2) is 48.4 Å². The molecule has 1 fully saturated rings. The van der Waals surface area contributed by atoms with Crippen molar-refractivity contribution in [3.8, 4) is 0 Å². The minimum absolute atomic E-state index is 0.00794. The molecule has 0 bridgehead atoms. The van der Waals surface area contributed by atoms with Crippen molar-refractivity contribution in [1.82, 2.24) is 15.1 Å². The van der Waals surface area contributed by atoms with Gasteiger partial charge in [0.25, 0.3) is 0 Å². The van der Waals surface area contributed by atoms with E-state index in [1.807, 2.05) is 6.07 Å². The van der Waals surface area contributed by atoms with Gasteiger partial charge in [-0.25, -0.2) is 4.39 Å². The summed E-state index contributed by atoms with van der Waals surface area (Å²) in [6.45, 7) is 4.80. The zero-order valence-electron chi connectivity index (χ0n) is 13.9. The number of hydrogen-bond donors (Lipinski definition) is 1. The summed E-state index contributed by atoms with van der Waals surface area (Å²) in [5, 5.41) is 3.31. The maximum atomic E-state index is 13.1. The third-order valence-corrected chi connectivity index (χ3v) is 4.63. The third kappa shape index (κ3) is 5.29. The number of rotatable bonds is 6. The van der Waals surface area contributed by atoms with E-state index in [2.05, 4.69) is 15.1 Å². The molecule has 0 unspecified atom stereocenters. The molecule has 1 aliphatic heterocycles. The molecule has 2 aromatic rings. The number of nitrogens with one attached hydrogen (secondary N) is 1. The van der Waals surface area contributed by atoms with Crippen LogP contribution >= 0.6 is 11.6 Å². The van der Waals surface area contributed by atoms with E-state index in [-0.39, 0.29) is 11.7 Å². The van der Waals surface area contributed by atoms with Crippen molar-refractivity contribution in [2.24, 2.45) is 0 Å². The molecule has 1 aliphatic rings. The van der Waals surface area contributed by atoms with Crippen LogP contribution < -0.4 is 5.32 Å². The molecule has 1 N–H and O–H groups in total. The highest BCUT2D eigenvalue weighted by Crippen LogP contribution is 2.19. The first-order chi connectivity index (χ1) is 12.1. The quantitative estimate of drug-likeness (QED) is 0.854. The normalized spacial score (nSPS) is 16.1. The highest BCUT2D eigenvalue weighted by molar-refractivity contribution is 6.31. The Morgan fingerprint density at radius 3 is 2.64 bits per heavy atom. The summed E-state index contributed by atoms with van der Waals surface area (Å²) in [6.07, 6.45) is 1.59. The fraction of sp³-hybridized carbons (Fsp3) is 0.389. The van der Waals surface area contributed by atoms with Crippen molar-refractivity contribution < 1.29 is 13.6 Å². The molecule has 0 saturated carbocycles. The minimum Gasteiger partial charge on any atom is -0.467 e. The first-order valence-corrected chi connectivity index (χ1v) is 8.65. The standard InChI is InChI=1S/C18H21ClFN3O2/c19-17-10-15(20)4-3-14(17)12-22-5-7-23(8-6-22)13-18(24)21-11-16-2-1-9-25-16/h1-4,9-10H,5-8,11-13H2,(H,21,24). The Hall–Kier alpha value is -1.89. The lowest BCUT2D eigenvalue weighted by atomic mass is 10.2. The topological polar surface area (TPSA) is 48.7 Å². The average Bonchev–Trinajstić information content (AvgIpc) is 3.11. The smallest absolute Gasteiger partial charge is 0.234 e. The zero-order chi connectivity index (χ0) is 17.6. The number of benzene rings is 1. The predicted molar refractivity (Wildman–Crippen MR) is 93.7 cm³/mol. The molecule has 0 radical (unpaired) electrons. The molecule has 1 amide bonds. The summed E-state index contributed by atoms with van der Waals surface area (Å²) in [4.78, 5) is 16.4. The Morgan fingerprint density at radius 2 is 1.96 bits per heavy atom. The average molecular weight is 366 g/mol. The Morgan fingerprint density at radius 1 is 1.20 bits per heavy atom. The van der Waals surface area contributed by atoms with Crippen LogP contribution in [0, 0.1) is 5.82 Å². The van der Waals surface area contributed by atoms with Gasteiger partial charge in [-0.05, 0) is 29.8 Å². The monoisotopic (exact) mass is 365 g/mol. The number of hydrogen-bond acceptors (Lipinski definition) is 4. The molecule has 0 atom stereocenters. The van der Waals surface area contributed by atoms with Crippen LogP contribution in [0.25, 0.3) is 0 Å². The van der Waals surface area contributed by atoms with Crippen molar-refractivity contribution in [3.63, 3.8) is 0 Å². The lowest BCUT2D eigenvalue weighted by Gasteiger charge is -2.34. The lowest BCUT2D eigenvalue weighted by Crippen LogP contribution is -2.49. The molecular weight excluding hydrogens is 345 g/mol. The maximum absolute atomic E-state index is 13.1. The molecule has 5 nitrogen and oxygen atoms in total. The third-order valence-electron chi connectivity index (χ3n) is 4.28. The number of piperazine rings is 1. The summed E-state index contributed by atoms with van der Waals surface area (Å²) < 4.78 is 18.3. The van der Waals surface area contributed by atoms with Gasteiger partial charge in [0.05, 0.1) is 19.4 Å². The van der Waals surface area contributed by atoms with Crippen LogP contribution in [0.1, 0.15) is 11.3 Å². The fourth-order valence-corrected chi connectivity index (χ4v) is 3.08. The molecule has 0 spiro atoms. The molecule has 134 valence electrons. The van der Waals surface area contributed by atoms with Crippen LogP contribution in [0.5, 0.6) is 0 Å². The van der Waals surface area contributed by atoms with Gasteiger partial charge in [-0.1, -0.05) is 17.7 Å². The summed E-state index contributed by atoms with van der Waals surface area (Å²) in [5.74, 6) is 0.417. The van der Waals surface area contributed by atoms with Gasteiger partial charge in [0, 0.05) is 37.7 Å². The van der Waals surface area contributed by atoms with E-state index in [9.17, 15) is 9.18 Å². The number of nitrogens with zero attached hydrogens (tertiary/aromatic N) is 2. The van der Waals surface area contributed by atoms with Crippen molar-refractivity contribution >= 4 is 17.5 Å².